The molecule has 0 radical (unpaired) electrons. The summed E-state index contributed by atoms with van der Waals surface area (Å²) in [6, 6.07) is 4.29. The molecular weight excluding hydrogens is 484 g/mol. The molecule has 216 valence electrons. The number of carboxylic acids is 1. The standard InChI is InChI=1S/C31H50O7/c1-30(2,3)37-27(32)19-17-15-13-11-9-7-8-10-12-14-16-18-22-36-26-21-20-24(28(33)34)23-25(26)29(35)38-31(4,5)6/h20-21,23H,7-19,22H2,1-6H3,(H,33,34). The van der Waals surface area contributed by atoms with Crippen LogP contribution < -0.4 is 4.74 Å². The van der Waals surface area contributed by atoms with Gasteiger partial charge in [0.2, 0.25) is 0 Å². The van der Waals surface area contributed by atoms with Gasteiger partial charge >= 0.3 is 17.9 Å². The molecule has 0 unspecified atom stereocenters. The molecular formula is C31H50O7. The molecule has 1 N–H and O–H groups in total. The zero-order valence-corrected chi connectivity index (χ0v) is 24.5. The number of unbranched alkanes of at least 4 members (excludes halogenated alkanes) is 11. The molecule has 0 aromatic heterocycles. The molecule has 0 amide bonds. The van der Waals surface area contributed by atoms with Gasteiger partial charge in [0.1, 0.15) is 22.5 Å². The molecule has 0 aliphatic heterocycles. The molecule has 7 nitrogen and oxygen atoms in total. The third kappa shape index (κ3) is 16.3. The van der Waals surface area contributed by atoms with Crippen LogP contribution in [0.5, 0.6) is 5.75 Å². The van der Waals surface area contributed by atoms with E-state index in [1.165, 1.54) is 63.1 Å². The Hall–Kier alpha value is -2.57. The Morgan fingerprint density at radius 2 is 1.16 bits per heavy atom. The number of carboxylic acid groups (broad SMARTS) is 1. The first kappa shape index (κ1) is 33.5. The van der Waals surface area contributed by atoms with Crippen LogP contribution in [0.3, 0.4) is 0 Å². The van der Waals surface area contributed by atoms with Crippen molar-refractivity contribution in [1.29, 1.82) is 0 Å². The van der Waals surface area contributed by atoms with Crippen molar-refractivity contribution in [3.63, 3.8) is 0 Å². The Morgan fingerprint density at radius 1 is 0.684 bits per heavy atom. The lowest BCUT2D eigenvalue weighted by molar-refractivity contribution is -0.154. The van der Waals surface area contributed by atoms with Crippen molar-refractivity contribution in [3.05, 3.63) is 29.3 Å². The molecule has 1 rings (SSSR count). The van der Waals surface area contributed by atoms with E-state index >= 15 is 0 Å². The number of hydrogen-bond donors (Lipinski definition) is 1. The SMILES string of the molecule is CC(C)(C)OC(=O)CCCCCCCCCCCCCCOc1ccc(C(=O)O)cc1C(=O)OC(C)(C)C. The highest BCUT2D eigenvalue weighted by molar-refractivity contribution is 5.97. The predicted molar refractivity (Wildman–Crippen MR) is 150 cm³/mol. The van der Waals surface area contributed by atoms with Gasteiger partial charge in [-0.05, 0) is 72.6 Å². The first-order valence-corrected chi connectivity index (χ1v) is 14.2. The van der Waals surface area contributed by atoms with Crippen molar-refractivity contribution in [2.24, 2.45) is 0 Å². The summed E-state index contributed by atoms with van der Waals surface area (Å²) in [6.45, 7) is 11.5. The van der Waals surface area contributed by atoms with Gasteiger partial charge in [-0.15, -0.1) is 0 Å². The minimum Gasteiger partial charge on any atom is -0.493 e. The minimum atomic E-state index is -1.10. The van der Waals surface area contributed by atoms with Crippen molar-refractivity contribution in [1.82, 2.24) is 0 Å². The van der Waals surface area contributed by atoms with E-state index in [0.29, 0.717) is 18.8 Å². The highest BCUT2D eigenvalue weighted by atomic mass is 16.6. The molecule has 1 aromatic carbocycles. The van der Waals surface area contributed by atoms with Gasteiger partial charge in [0.25, 0.3) is 0 Å². The van der Waals surface area contributed by atoms with Gasteiger partial charge in [0.05, 0.1) is 12.2 Å². The number of benzene rings is 1. The average Bonchev–Trinajstić information content (AvgIpc) is 2.79. The number of rotatable bonds is 18. The lowest BCUT2D eigenvalue weighted by Gasteiger charge is -2.20. The second-order valence-corrected chi connectivity index (χ2v) is 11.9. The number of aromatic carboxylic acids is 1. The van der Waals surface area contributed by atoms with Crippen LogP contribution in [0, 0.1) is 0 Å². The molecule has 0 aliphatic rings. The lowest BCUT2D eigenvalue weighted by atomic mass is 10.0. The quantitative estimate of drug-likeness (QED) is 0.150. The van der Waals surface area contributed by atoms with Gasteiger partial charge in [-0.1, -0.05) is 64.2 Å². The van der Waals surface area contributed by atoms with Gasteiger partial charge < -0.3 is 19.3 Å². The summed E-state index contributed by atoms with van der Waals surface area (Å²) in [5.41, 5.74) is -0.911. The number of hydrogen-bond acceptors (Lipinski definition) is 6. The molecule has 38 heavy (non-hydrogen) atoms. The molecule has 7 heteroatoms. The van der Waals surface area contributed by atoms with Gasteiger partial charge in [-0.25, -0.2) is 9.59 Å². The van der Waals surface area contributed by atoms with Crippen molar-refractivity contribution < 1.29 is 33.7 Å². The minimum absolute atomic E-state index is 0.0244. The Kier molecular flexibility index (Phi) is 15.1. The van der Waals surface area contributed by atoms with Crippen LogP contribution >= 0.6 is 0 Å². The fourth-order valence-electron chi connectivity index (χ4n) is 4.00. The van der Waals surface area contributed by atoms with E-state index in [0.717, 1.165) is 32.1 Å². The summed E-state index contributed by atoms with van der Waals surface area (Å²) in [6.07, 6.45) is 14.2. The topological polar surface area (TPSA) is 99.1 Å². The molecule has 0 aliphatic carbocycles. The van der Waals surface area contributed by atoms with Crippen LogP contribution in [0.25, 0.3) is 0 Å². The maximum absolute atomic E-state index is 12.6. The summed E-state index contributed by atoms with van der Waals surface area (Å²) in [5, 5.41) is 9.26. The van der Waals surface area contributed by atoms with Crippen LogP contribution in [0.1, 0.15) is 146 Å². The molecule has 0 heterocycles. The second-order valence-electron chi connectivity index (χ2n) is 11.9. The largest absolute Gasteiger partial charge is 0.493 e. The highest BCUT2D eigenvalue weighted by Gasteiger charge is 2.22. The van der Waals surface area contributed by atoms with Crippen LogP contribution in [0.15, 0.2) is 18.2 Å². The first-order chi connectivity index (χ1) is 17.8. The van der Waals surface area contributed by atoms with Gasteiger partial charge in [-0.3, -0.25) is 4.79 Å². The van der Waals surface area contributed by atoms with E-state index in [-0.39, 0.29) is 17.1 Å². The zero-order valence-electron chi connectivity index (χ0n) is 24.5. The van der Waals surface area contributed by atoms with Crippen molar-refractivity contribution in [3.8, 4) is 5.75 Å². The van der Waals surface area contributed by atoms with Crippen LogP contribution in [0.2, 0.25) is 0 Å². The van der Waals surface area contributed by atoms with Crippen LogP contribution in [-0.4, -0.2) is 40.8 Å². The van der Waals surface area contributed by atoms with E-state index in [1.807, 2.05) is 20.8 Å². The van der Waals surface area contributed by atoms with Gasteiger partial charge in [0.15, 0.2) is 0 Å². The fraction of sp³-hybridized carbons (Fsp3) is 0.710. The third-order valence-electron chi connectivity index (χ3n) is 5.80. The number of ether oxygens (including phenoxy) is 3. The highest BCUT2D eigenvalue weighted by Crippen LogP contribution is 2.24. The summed E-state index contributed by atoms with van der Waals surface area (Å²) < 4.78 is 16.6. The van der Waals surface area contributed by atoms with E-state index in [2.05, 4.69) is 0 Å². The zero-order chi connectivity index (χ0) is 28.6. The smallest absolute Gasteiger partial charge is 0.342 e. The maximum Gasteiger partial charge on any atom is 0.342 e. The number of carbonyl (C=O) groups excluding carboxylic acids is 2. The molecule has 0 fully saturated rings. The molecule has 0 atom stereocenters. The summed E-state index contributed by atoms with van der Waals surface area (Å²) in [5.74, 6) is -1.42. The fourth-order valence-corrected chi connectivity index (χ4v) is 4.00. The third-order valence-corrected chi connectivity index (χ3v) is 5.80. The van der Waals surface area contributed by atoms with Crippen LogP contribution in [-0.2, 0) is 14.3 Å². The van der Waals surface area contributed by atoms with Crippen LogP contribution in [0.4, 0.5) is 0 Å². The molecule has 0 saturated heterocycles. The second kappa shape index (κ2) is 17.1. The summed E-state index contributed by atoms with van der Waals surface area (Å²) in [4.78, 5) is 35.6. The van der Waals surface area contributed by atoms with E-state index in [1.54, 1.807) is 20.8 Å². The Labute approximate surface area is 229 Å². The Morgan fingerprint density at radius 3 is 1.63 bits per heavy atom. The number of carbonyl (C=O) groups is 3. The first-order valence-electron chi connectivity index (χ1n) is 14.2. The molecule has 0 saturated carbocycles. The maximum atomic E-state index is 12.6. The van der Waals surface area contributed by atoms with E-state index in [9.17, 15) is 19.5 Å². The summed E-state index contributed by atoms with van der Waals surface area (Å²) in [7, 11) is 0. The Bertz CT molecular complexity index is 862. The average molecular weight is 535 g/mol. The van der Waals surface area contributed by atoms with Crippen molar-refractivity contribution >= 4 is 17.9 Å². The van der Waals surface area contributed by atoms with E-state index in [4.69, 9.17) is 14.2 Å². The summed E-state index contributed by atoms with van der Waals surface area (Å²) >= 11 is 0. The monoisotopic (exact) mass is 534 g/mol. The molecule has 0 spiro atoms. The van der Waals surface area contributed by atoms with Gasteiger partial charge in [-0.2, -0.15) is 0 Å². The molecule has 0 bridgehead atoms. The normalized spacial score (nSPS) is 11.7. The van der Waals surface area contributed by atoms with Crippen molar-refractivity contribution in [2.45, 2.75) is 136 Å². The van der Waals surface area contributed by atoms with Crippen molar-refractivity contribution in [2.75, 3.05) is 6.61 Å². The van der Waals surface area contributed by atoms with E-state index < -0.39 is 23.1 Å². The predicted octanol–water partition coefficient (Wildman–Crippen LogP) is 8.13. The molecule has 1 aromatic rings. The lowest BCUT2D eigenvalue weighted by Crippen LogP contribution is -2.24. The van der Waals surface area contributed by atoms with Gasteiger partial charge in [0, 0.05) is 6.42 Å². The Balaban J connectivity index is 2.13. The number of esters is 2.